The maximum atomic E-state index is 13.5. The number of hydrogen-bond donors (Lipinski definition) is 1. The Morgan fingerprint density at radius 3 is 2.50 bits per heavy atom. The van der Waals surface area contributed by atoms with Crippen molar-refractivity contribution in [2.75, 3.05) is 6.54 Å². The van der Waals surface area contributed by atoms with Gasteiger partial charge in [-0.15, -0.1) is 0 Å². The number of benzene rings is 1. The molecule has 1 aliphatic carbocycles. The molecule has 0 radical (unpaired) electrons. The number of ketones is 1. The van der Waals surface area contributed by atoms with Gasteiger partial charge in [0.2, 0.25) is 5.92 Å². The summed E-state index contributed by atoms with van der Waals surface area (Å²) in [5.74, 6) is -3.87. The molecular formula is C22H19F2N5O3. The van der Waals surface area contributed by atoms with E-state index in [-0.39, 0.29) is 12.8 Å². The van der Waals surface area contributed by atoms with E-state index in [1.54, 1.807) is 47.2 Å². The summed E-state index contributed by atoms with van der Waals surface area (Å²) in [5, 5.41) is 6.81. The summed E-state index contributed by atoms with van der Waals surface area (Å²) in [6, 6.07) is 9.58. The fraction of sp³-hybridized carbons (Fsp3) is 0.318. The van der Waals surface area contributed by atoms with Crippen molar-refractivity contribution in [2.24, 2.45) is 0 Å². The number of nitrogens with one attached hydrogen (secondary N) is 1. The quantitative estimate of drug-likeness (QED) is 0.498. The predicted molar refractivity (Wildman–Crippen MR) is 109 cm³/mol. The van der Waals surface area contributed by atoms with Gasteiger partial charge in [0.25, 0.3) is 5.91 Å². The number of carbonyl (C=O) groups excluding carboxylic acids is 3. The molecule has 32 heavy (non-hydrogen) atoms. The molecule has 3 heterocycles. The lowest BCUT2D eigenvalue weighted by Crippen LogP contribution is -2.51. The van der Waals surface area contributed by atoms with Crippen LogP contribution in [0.5, 0.6) is 0 Å². The van der Waals surface area contributed by atoms with E-state index in [0.29, 0.717) is 11.2 Å². The Labute approximate surface area is 181 Å². The zero-order valence-corrected chi connectivity index (χ0v) is 16.9. The number of carbonyl (C=O) groups is 3. The molecule has 2 aromatic heterocycles. The number of imidazole rings is 1. The fourth-order valence-corrected chi connectivity index (χ4v) is 4.29. The van der Waals surface area contributed by atoms with Gasteiger partial charge in [0.15, 0.2) is 11.4 Å². The van der Waals surface area contributed by atoms with Crippen LogP contribution < -0.4 is 5.32 Å². The second-order valence-electron chi connectivity index (χ2n) is 8.20. The minimum atomic E-state index is -2.84. The molecule has 1 saturated heterocycles. The van der Waals surface area contributed by atoms with Gasteiger partial charge in [-0.25, -0.2) is 23.1 Å². The molecule has 8 nitrogen and oxygen atoms in total. The van der Waals surface area contributed by atoms with Crippen LogP contribution in [0.4, 0.5) is 13.6 Å². The van der Waals surface area contributed by atoms with E-state index in [2.05, 4.69) is 15.4 Å². The van der Waals surface area contributed by atoms with E-state index in [0.717, 1.165) is 16.2 Å². The smallest absolute Gasteiger partial charge is 0.323 e. The monoisotopic (exact) mass is 439 g/mol. The third-order valence-corrected chi connectivity index (χ3v) is 6.16. The zero-order chi connectivity index (χ0) is 22.5. The van der Waals surface area contributed by atoms with E-state index >= 15 is 0 Å². The fourth-order valence-electron chi connectivity index (χ4n) is 4.29. The maximum Gasteiger partial charge on any atom is 0.325 e. The highest BCUT2D eigenvalue weighted by atomic mass is 19.3. The maximum absolute atomic E-state index is 13.5. The number of amides is 3. The zero-order valence-electron chi connectivity index (χ0n) is 16.9. The van der Waals surface area contributed by atoms with E-state index in [9.17, 15) is 23.2 Å². The molecule has 164 valence electrons. The Bertz CT molecular complexity index is 1230. The van der Waals surface area contributed by atoms with Crippen molar-refractivity contribution in [3.8, 4) is 11.3 Å². The van der Waals surface area contributed by atoms with Crippen molar-refractivity contribution in [3.63, 3.8) is 0 Å². The summed E-state index contributed by atoms with van der Waals surface area (Å²) in [6.45, 7) is -0.445. The van der Waals surface area contributed by atoms with Crippen molar-refractivity contribution in [3.05, 3.63) is 54.4 Å². The van der Waals surface area contributed by atoms with Crippen molar-refractivity contribution in [1.82, 2.24) is 24.8 Å². The third-order valence-electron chi connectivity index (χ3n) is 6.16. The summed E-state index contributed by atoms with van der Waals surface area (Å²) >= 11 is 0. The van der Waals surface area contributed by atoms with Gasteiger partial charge in [-0.2, -0.15) is 5.10 Å². The first kappa shape index (κ1) is 20.2. The van der Waals surface area contributed by atoms with Gasteiger partial charge < -0.3 is 5.32 Å². The molecule has 0 atom stereocenters. The number of rotatable bonds is 4. The summed E-state index contributed by atoms with van der Waals surface area (Å²) in [7, 11) is 0. The van der Waals surface area contributed by atoms with Gasteiger partial charge in [-0.1, -0.05) is 24.3 Å². The van der Waals surface area contributed by atoms with Crippen LogP contribution in [0.1, 0.15) is 36.0 Å². The molecule has 1 spiro atoms. The first-order valence-corrected chi connectivity index (χ1v) is 10.2. The summed E-state index contributed by atoms with van der Waals surface area (Å²) in [5.41, 5.74) is 1.23. The van der Waals surface area contributed by atoms with Crippen LogP contribution in [-0.2, 0) is 4.79 Å². The Morgan fingerprint density at radius 1 is 1.06 bits per heavy atom. The molecule has 2 aliphatic rings. The molecule has 10 heteroatoms. The topological polar surface area (TPSA) is 96.7 Å². The van der Waals surface area contributed by atoms with E-state index in [1.807, 2.05) is 6.07 Å². The molecule has 1 aliphatic heterocycles. The number of Topliss-reactive ketones (excluding diaryl/α,β-unsaturated/α-hetero) is 1. The first-order chi connectivity index (χ1) is 15.3. The van der Waals surface area contributed by atoms with Crippen LogP contribution in [-0.4, -0.2) is 55.2 Å². The van der Waals surface area contributed by atoms with Crippen LogP contribution in [0, 0.1) is 0 Å². The highest BCUT2D eigenvalue weighted by Gasteiger charge is 2.55. The average molecular weight is 439 g/mol. The first-order valence-electron chi connectivity index (χ1n) is 10.2. The molecule has 2 fully saturated rings. The average Bonchev–Trinajstić information content (AvgIpc) is 3.31. The van der Waals surface area contributed by atoms with Gasteiger partial charge >= 0.3 is 6.03 Å². The van der Waals surface area contributed by atoms with E-state index < -0.39 is 48.6 Å². The number of nitrogens with zero attached hydrogens (tertiary/aromatic N) is 4. The van der Waals surface area contributed by atoms with Crippen LogP contribution in [0.25, 0.3) is 16.9 Å². The molecule has 3 amide bonds. The normalized spacial score (nSPS) is 19.5. The van der Waals surface area contributed by atoms with Crippen LogP contribution >= 0.6 is 0 Å². The standard InChI is InChI=1S/C22H19F2N5O3/c23-22(24)9-7-21(8-10-22)19(31)28(20(32)27-21)13-17(30)15-5-3-14(4-6-15)16-12-25-18-2-1-11-26-29(16)18/h1-6,11-12H,7-10,13H2,(H,27,32). The Morgan fingerprint density at radius 2 is 1.78 bits per heavy atom. The summed E-state index contributed by atoms with van der Waals surface area (Å²) < 4.78 is 28.7. The SMILES string of the molecule is O=C(CN1C(=O)NC2(CCC(F)(F)CC2)C1=O)c1ccc(-c2cnc3cccnn23)cc1. The van der Waals surface area contributed by atoms with Gasteiger partial charge in [0, 0.05) is 30.2 Å². The molecule has 0 unspecified atom stereocenters. The second-order valence-corrected chi connectivity index (χ2v) is 8.20. The number of hydrogen-bond acceptors (Lipinski definition) is 5. The van der Waals surface area contributed by atoms with Gasteiger partial charge in [-0.05, 0) is 25.0 Å². The van der Waals surface area contributed by atoms with E-state index in [4.69, 9.17) is 0 Å². The lowest BCUT2D eigenvalue weighted by Gasteiger charge is -2.34. The van der Waals surface area contributed by atoms with E-state index in [1.165, 1.54) is 0 Å². The van der Waals surface area contributed by atoms with Crippen molar-refractivity contribution in [1.29, 1.82) is 0 Å². The molecule has 3 aromatic rings. The number of alkyl halides is 2. The van der Waals surface area contributed by atoms with Gasteiger partial charge in [0.05, 0.1) is 18.4 Å². The predicted octanol–water partition coefficient (Wildman–Crippen LogP) is 3.08. The summed E-state index contributed by atoms with van der Waals surface area (Å²) in [4.78, 5) is 43.1. The van der Waals surface area contributed by atoms with Crippen LogP contribution in [0.2, 0.25) is 0 Å². The largest absolute Gasteiger partial charge is 0.325 e. The number of urea groups is 1. The Hall–Kier alpha value is -3.69. The Balaban J connectivity index is 1.31. The summed E-state index contributed by atoms with van der Waals surface area (Å²) in [6.07, 6.45) is 2.10. The number of aromatic nitrogens is 3. The third kappa shape index (κ3) is 3.31. The molecular weight excluding hydrogens is 420 g/mol. The van der Waals surface area contributed by atoms with Crippen LogP contribution in [0.15, 0.2) is 48.8 Å². The van der Waals surface area contributed by atoms with Crippen molar-refractivity contribution in [2.45, 2.75) is 37.1 Å². The minimum absolute atomic E-state index is 0.142. The lowest BCUT2D eigenvalue weighted by atomic mass is 9.80. The Kier molecular flexibility index (Phi) is 4.54. The van der Waals surface area contributed by atoms with Crippen LogP contribution in [0.3, 0.4) is 0 Å². The highest BCUT2D eigenvalue weighted by Crippen LogP contribution is 2.41. The van der Waals surface area contributed by atoms with Gasteiger partial charge in [0.1, 0.15) is 5.54 Å². The van der Waals surface area contributed by atoms with Gasteiger partial charge in [-0.3, -0.25) is 14.5 Å². The number of fused-ring (bicyclic) bond motifs is 1. The lowest BCUT2D eigenvalue weighted by molar-refractivity contribution is -0.135. The molecule has 1 N–H and O–H groups in total. The minimum Gasteiger partial charge on any atom is -0.323 e. The molecule has 1 saturated carbocycles. The number of halogens is 2. The molecule has 1 aromatic carbocycles. The molecule has 0 bridgehead atoms. The van der Waals surface area contributed by atoms with Crippen molar-refractivity contribution >= 4 is 23.4 Å². The second kappa shape index (κ2) is 7.18. The highest BCUT2D eigenvalue weighted by molar-refractivity contribution is 6.11. The number of imide groups is 1. The van der Waals surface area contributed by atoms with Crippen molar-refractivity contribution < 1.29 is 23.2 Å². The molecule has 5 rings (SSSR count).